The first kappa shape index (κ1) is 12.4. The monoisotopic (exact) mass is 223 g/mol. The molecule has 0 radical (unpaired) electrons. The minimum atomic E-state index is -0.817. The van der Waals surface area contributed by atoms with Gasteiger partial charge in [-0.15, -0.1) is 0 Å². The zero-order valence-corrected chi connectivity index (χ0v) is 9.82. The second kappa shape index (κ2) is 5.44. The van der Waals surface area contributed by atoms with Crippen LogP contribution in [0.15, 0.2) is 6.07 Å². The number of carboxylic acid groups (broad SMARTS) is 1. The minimum absolute atomic E-state index is 0.0834. The normalized spacial score (nSPS) is 10.5. The molecule has 1 aromatic heterocycles. The number of aliphatic carboxylic acids is 1. The van der Waals surface area contributed by atoms with E-state index >= 15 is 0 Å². The summed E-state index contributed by atoms with van der Waals surface area (Å²) in [4.78, 5) is 19.0. The molecule has 0 atom stereocenters. The van der Waals surface area contributed by atoms with Crippen molar-refractivity contribution in [2.45, 2.75) is 33.1 Å². The number of nitrogens with zero attached hydrogens (tertiary/aromatic N) is 2. The summed E-state index contributed by atoms with van der Waals surface area (Å²) >= 11 is 0. The van der Waals surface area contributed by atoms with Crippen LogP contribution in [0.2, 0.25) is 0 Å². The second-order valence-electron chi connectivity index (χ2n) is 3.98. The van der Waals surface area contributed by atoms with Crippen molar-refractivity contribution in [2.24, 2.45) is 0 Å². The van der Waals surface area contributed by atoms with Crippen LogP contribution in [0.1, 0.15) is 37.7 Å². The second-order valence-corrected chi connectivity index (χ2v) is 3.98. The van der Waals surface area contributed by atoms with Crippen molar-refractivity contribution in [2.75, 3.05) is 11.9 Å². The maximum Gasteiger partial charge on any atom is 0.305 e. The quantitative estimate of drug-likeness (QED) is 0.796. The molecule has 1 rings (SSSR count). The number of anilines is 1. The fraction of sp³-hybridized carbons (Fsp3) is 0.545. The Bertz CT molecular complexity index is 377. The number of hydrogen-bond donors (Lipinski definition) is 2. The number of aryl methyl sites for hydroxylation is 1. The molecule has 1 aromatic rings. The third-order valence-electron chi connectivity index (χ3n) is 2.03. The molecule has 1 heterocycles. The van der Waals surface area contributed by atoms with Crippen LogP contribution in [-0.4, -0.2) is 27.6 Å². The van der Waals surface area contributed by atoms with Gasteiger partial charge in [-0.25, -0.2) is 9.97 Å². The smallest absolute Gasteiger partial charge is 0.305 e. The molecular weight excluding hydrogens is 206 g/mol. The minimum Gasteiger partial charge on any atom is -0.481 e. The molecule has 5 heteroatoms. The lowest BCUT2D eigenvalue weighted by Crippen LogP contribution is -2.10. The van der Waals surface area contributed by atoms with E-state index in [1.165, 1.54) is 0 Å². The lowest BCUT2D eigenvalue weighted by Gasteiger charge is -2.09. The molecule has 0 aliphatic carbocycles. The Morgan fingerprint density at radius 3 is 2.75 bits per heavy atom. The van der Waals surface area contributed by atoms with Gasteiger partial charge in [0.1, 0.15) is 11.6 Å². The summed E-state index contributed by atoms with van der Waals surface area (Å²) in [5, 5.41) is 11.5. The summed E-state index contributed by atoms with van der Waals surface area (Å²) in [6.45, 7) is 6.32. The summed E-state index contributed by atoms with van der Waals surface area (Å²) in [6, 6.07) is 1.81. The predicted octanol–water partition coefficient (Wildman–Crippen LogP) is 1.80. The first-order valence-corrected chi connectivity index (χ1v) is 5.30. The highest BCUT2D eigenvalue weighted by atomic mass is 16.4. The third kappa shape index (κ3) is 3.84. The molecule has 0 fully saturated rings. The van der Waals surface area contributed by atoms with Crippen molar-refractivity contribution < 1.29 is 9.90 Å². The van der Waals surface area contributed by atoms with Gasteiger partial charge in [0.25, 0.3) is 0 Å². The fourth-order valence-electron chi connectivity index (χ4n) is 1.24. The molecule has 88 valence electrons. The number of aromatic nitrogens is 2. The van der Waals surface area contributed by atoms with E-state index in [0.29, 0.717) is 12.4 Å². The molecule has 0 aliphatic rings. The molecule has 0 saturated heterocycles. The molecule has 0 saturated carbocycles. The van der Waals surface area contributed by atoms with Crippen LogP contribution >= 0.6 is 0 Å². The number of rotatable bonds is 5. The van der Waals surface area contributed by atoms with Crippen LogP contribution in [0, 0.1) is 6.92 Å². The molecular formula is C11H17N3O2. The van der Waals surface area contributed by atoms with Gasteiger partial charge in [0.15, 0.2) is 0 Å². The molecule has 0 unspecified atom stereocenters. The van der Waals surface area contributed by atoms with Crippen molar-refractivity contribution in [1.29, 1.82) is 0 Å². The summed E-state index contributed by atoms with van der Waals surface area (Å²) < 4.78 is 0. The van der Waals surface area contributed by atoms with Crippen LogP contribution in [0.3, 0.4) is 0 Å². The Balaban J connectivity index is 2.69. The average Bonchev–Trinajstić information content (AvgIpc) is 2.16. The van der Waals surface area contributed by atoms with Gasteiger partial charge in [0.2, 0.25) is 0 Å². The topological polar surface area (TPSA) is 75.1 Å². The molecule has 5 nitrogen and oxygen atoms in total. The van der Waals surface area contributed by atoms with Crippen LogP contribution in [0.25, 0.3) is 0 Å². The summed E-state index contributed by atoms with van der Waals surface area (Å²) in [5.74, 6) is 0.914. The first-order chi connectivity index (χ1) is 7.49. The number of carbonyl (C=O) groups is 1. The number of hydrogen-bond acceptors (Lipinski definition) is 4. The molecule has 0 aromatic carbocycles. The molecule has 0 spiro atoms. The Morgan fingerprint density at radius 2 is 2.19 bits per heavy atom. The van der Waals surface area contributed by atoms with Gasteiger partial charge in [-0.05, 0) is 6.92 Å². The standard InChI is InChI=1S/C11H17N3O2/c1-7(2)11-13-8(3)6-9(14-11)12-5-4-10(15)16/h6-7H,4-5H2,1-3H3,(H,15,16)(H,12,13,14). The van der Waals surface area contributed by atoms with E-state index in [2.05, 4.69) is 15.3 Å². The van der Waals surface area contributed by atoms with Crippen molar-refractivity contribution in [3.63, 3.8) is 0 Å². The van der Waals surface area contributed by atoms with E-state index in [1.54, 1.807) is 0 Å². The van der Waals surface area contributed by atoms with Crippen molar-refractivity contribution in [1.82, 2.24) is 9.97 Å². The maximum absolute atomic E-state index is 10.4. The summed E-state index contributed by atoms with van der Waals surface area (Å²) in [5.41, 5.74) is 0.886. The Labute approximate surface area is 94.9 Å². The van der Waals surface area contributed by atoms with Gasteiger partial charge in [0.05, 0.1) is 6.42 Å². The van der Waals surface area contributed by atoms with Crippen LogP contribution in [-0.2, 0) is 4.79 Å². The average molecular weight is 223 g/mol. The highest BCUT2D eigenvalue weighted by molar-refractivity contribution is 5.67. The molecule has 2 N–H and O–H groups in total. The van der Waals surface area contributed by atoms with Crippen molar-refractivity contribution in [3.8, 4) is 0 Å². The van der Waals surface area contributed by atoms with E-state index in [1.807, 2.05) is 26.8 Å². The van der Waals surface area contributed by atoms with E-state index in [9.17, 15) is 4.79 Å². The van der Waals surface area contributed by atoms with Gasteiger partial charge < -0.3 is 10.4 Å². The van der Waals surface area contributed by atoms with E-state index in [4.69, 9.17) is 5.11 Å². The molecule has 0 bridgehead atoms. The summed E-state index contributed by atoms with van der Waals surface area (Å²) in [6.07, 6.45) is 0.0834. The maximum atomic E-state index is 10.4. The van der Waals surface area contributed by atoms with Gasteiger partial charge in [0, 0.05) is 24.2 Å². The lowest BCUT2D eigenvalue weighted by atomic mass is 10.2. The van der Waals surface area contributed by atoms with E-state index in [0.717, 1.165) is 11.5 Å². The first-order valence-electron chi connectivity index (χ1n) is 5.30. The predicted molar refractivity (Wildman–Crippen MR) is 61.6 cm³/mol. The molecule has 16 heavy (non-hydrogen) atoms. The third-order valence-corrected chi connectivity index (χ3v) is 2.03. The van der Waals surface area contributed by atoms with Gasteiger partial charge >= 0.3 is 5.97 Å². The van der Waals surface area contributed by atoms with Crippen LogP contribution in [0.4, 0.5) is 5.82 Å². The highest BCUT2D eigenvalue weighted by Gasteiger charge is 2.06. The van der Waals surface area contributed by atoms with E-state index in [-0.39, 0.29) is 12.3 Å². The largest absolute Gasteiger partial charge is 0.481 e. The van der Waals surface area contributed by atoms with Gasteiger partial charge in [-0.2, -0.15) is 0 Å². The van der Waals surface area contributed by atoms with Gasteiger partial charge in [-0.3, -0.25) is 4.79 Å². The van der Waals surface area contributed by atoms with Crippen LogP contribution in [0.5, 0.6) is 0 Å². The SMILES string of the molecule is Cc1cc(NCCC(=O)O)nc(C(C)C)n1. The Kier molecular flexibility index (Phi) is 4.22. The van der Waals surface area contributed by atoms with Crippen LogP contribution < -0.4 is 5.32 Å². The molecule has 0 amide bonds. The number of nitrogens with one attached hydrogen (secondary N) is 1. The van der Waals surface area contributed by atoms with Gasteiger partial charge in [-0.1, -0.05) is 13.8 Å². The zero-order valence-electron chi connectivity index (χ0n) is 9.82. The van der Waals surface area contributed by atoms with Crippen molar-refractivity contribution in [3.05, 3.63) is 17.6 Å². The highest BCUT2D eigenvalue weighted by Crippen LogP contribution is 2.13. The van der Waals surface area contributed by atoms with E-state index < -0.39 is 5.97 Å². The Hall–Kier alpha value is -1.65. The fourth-order valence-corrected chi connectivity index (χ4v) is 1.24. The number of carboxylic acids is 1. The lowest BCUT2D eigenvalue weighted by molar-refractivity contribution is -0.136. The van der Waals surface area contributed by atoms with Crippen molar-refractivity contribution >= 4 is 11.8 Å². The zero-order chi connectivity index (χ0) is 12.1. The Morgan fingerprint density at radius 1 is 1.50 bits per heavy atom. The molecule has 0 aliphatic heterocycles. The summed E-state index contributed by atoms with van der Waals surface area (Å²) in [7, 11) is 0.